The lowest BCUT2D eigenvalue weighted by Crippen LogP contribution is -2.29. The summed E-state index contributed by atoms with van der Waals surface area (Å²) in [5, 5.41) is 0. The molecule has 2 rings (SSSR count). The van der Waals surface area contributed by atoms with Gasteiger partial charge in [-0.1, -0.05) is 13.2 Å². The van der Waals surface area contributed by atoms with E-state index >= 15 is 0 Å². The quantitative estimate of drug-likeness (QED) is 0.126. The van der Waals surface area contributed by atoms with E-state index in [-0.39, 0.29) is 24.5 Å². The second kappa shape index (κ2) is 15.8. The van der Waals surface area contributed by atoms with Gasteiger partial charge in [-0.2, -0.15) is 0 Å². The molecule has 0 fully saturated rings. The summed E-state index contributed by atoms with van der Waals surface area (Å²) in [5.41, 5.74) is 0.219. The van der Waals surface area contributed by atoms with Gasteiger partial charge in [0.15, 0.2) is 6.10 Å². The van der Waals surface area contributed by atoms with E-state index in [0.717, 1.165) is 24.3 Å². The van der Waals surface area contributed by atoms with Crippen LogP contribution in [0.1, 0.15) is 23.2 Å². The van der Waals surface area contributed by atoms with E-state index in [1.807, 2.05) is 0 Å². The molecule has 2 aromatic carbocycles. The molecule has 12 heteroatoms. The van der Waals surface area contributed by atoms with Crippen LogP contribution in [-0.4, -0.2) is 56.8 Å². The van der Waals surface area contributed by atoms with E-state index in [4.69, 9.17) is 23.7 Å². The zero-order valence-electron chi connectivity index (χ0n) is 20.8. The molecular formula is C27H27F3O9. The monoisotopic (exact) mass is 552 g/mol. The van der Waals surface area contributed by atoms with Crippen LogP contribution in [0.3, 0.4) is 0 Å². The number of rotatable bonds is 16. The number of hydrogen-bond acceptors (Lipinski definition) is 9. The summed E-state index contributed by atoms with van der Waals surface area (Å²) in [6.45, 7) is 7.15. The van der Waals surface area contributed by atoms with Crippen LogP contribution in [0.5, 0.6) is 17.2 Å². The van der Waals surface area contributed by atoms with Gasteiger partial charge in [-0.3, -0.25) is 0 Å². The lowest BCUT2D eigenvalue weighted by Gasteiger charge is -2.17. The Kier molecular flexibility index (Phi) is 12.5. The highest BCUT2D eigenvalue weighted by molar-refractivity contribution is 5.91. The Morgan fingerprint density at radius 1 is 0.795 bits per heavy atom. The van der Waals surface area contributed by atoms with E-state index in [9.17, 15) is 27.6 Å². The molecule has 210 valence electrons. The molecule has 2 aromatic rings. The Bertz CT molecular complexity index is 1100. The molecule has 39 heavy (non-hydrogen) atoms. The fourth-order valence-corrected chi connectivity index (χ4v) is 2.84. The van der Waals surface area contributed by atoms with Crippen LogP contribution in [0, 0.1) is 0 Å². The molecule has 0 saturated heterocycles. The van der Waals surface area contributed by atoms with Crippen molar-refractivity contribution in [1.82, 2.24) is 0 Å². The lowest BCUT2D eigenvalue weighted by molar-refractivity contribution is -0.274. The van der Waals surface area contributed by atoms with Gasteiger partial charge in [0, 0.05) is 18.8 Å². The van der Waals surface area contributed by atoms with Crippen LogP contribution in [-0.2, 0) is 23.8 Å². The second-order valence-electron chi connectivity index (χ2n) is 7.66. The first kappa shape index (κ1) is 30.9. The Balaban J connectivity index is 1.68. The Labute approximate surface area is 222 Å². The summed E-state index contributed by atoms with van der Waals surface area (Å²) in [6.07, 6.45) is -2.34. The molecule has 0 aromatic heterocycles. The zero-order valence-corrected chi connectivity index (χ0v) is 20.8. The van der Waals surface area contributed by atoms with Crippen molar-refractivity contribution in [3.8, 4) is 17.2 Å². The largest absolute Gasteiger partial charge is 0.573 e. The number of hydrogen-bond donors (Lipinski definition) is 0. The van der Waals surface area contributed by atoms with Gasteiger partial charge in [-0.25, -0.2) is 14.4 Å². The molecule has 9 nitrogen and oxygen atoms in total. The summed E-state index contributed by atoms with van der Waals surface area (Å²) in [5.74, 6) is -1.87. The summed E-state index contributed by atoms with van der Waals surface area (Å²) >= 11 is 0. The van der Waals surface area contributed by atoms with Crippen molar-refractivity contribution < 1.29 is 56.0 Å². The van der Waals surface area contributed by atoms with Gasteiger partial charge < -0.3 is 28.4 Å². The topological polar surface area (TPSA) is 107 Å². The molecule has 1 unspecified atom stereocenters. The van der Waals surface area contributed by atoms with Crippen LogP contribution in [0.4, 0.5) is 13.2 Å². The molecule has 1 atom stereocenters. The number of halogens is 3. The number of unbranched alkanes of at least 4 members (excludes halogenated alkanes) is 1. The SMILES string of the molecule is C=CC(=O)OCC(COCCCCOc1ccc(C(=O)Oc2ccc(OC(F)(F)F)cc2)cc1)OC(=O)C=C. The number of carbonyl (C=O) groups is 3. The normalized spacial score (nSPS) is 11.6. The van der Waals surface area contributed by atoms with Crippen molar-refractivity contribution in [2.45, 2.75) is 25.3 Å². The fraction of sp³-hybridized carbons (Fsp3) is 0.296. The minimum Gasteiger partial charge on any atom is -0.494 e. The first-order valence-corrected chi connectivity index (χ1v) is 11.6. The van der Waals surface area contributed by atoms with Crippen molar-refractivity contribution in [3.05, 3.63) is 79.4 Å². The Morgan fingerprint density at radius 2 is 1.38 bits per heavy atom. The van der Waals surface area contributed by atoms with Gasteiger partial charge in [-0.05, 0) is 61.4 Å². The summed E-state index contributed by atoms with van der Waals surface area (Å²) in [4.78, 5) is 34.9. The lowest BCUT2D eigenvalue weighted by atomic mass is 10.2. The molecular weight excluding hydrogens is 525 g/mol. The maximum atomic E-state index is 12.3. The fourth-order valence-electron chi connectivity index (χ4n) is 2.84. The van der Waals surface area contributed by atoms with E-state index < -0.39 is 36.1 Å². The molecule has 0 bridgehead atoms. The van der Waals surface area contributed by atoms with Crippen molar-refractivity contribution in [2.24, 2.45) is 0 Å². The van der Waals surface area contributed by atoms with E-state index in [1.54, 1.807) is 12.1 Å². The predicted octanol–water partition coefficient (Wildman–Crippen LogP) is 4.81. The molecule has 0 saturated carbocycles. The van der Waals surface area contributed by atoms with Crippen LogP contribution in [0.2, 0.25) is 0 Å². The first-order chi connectivity index (χ1) is 18.6. The highest BCUT2D eigenvalue weighted by Gasteiger charge is 2.31. The first-order valence-electron chi connectivity index (χ1n) is 11.6. The molecule has 0 spiro atoms. The molecule has 0 aliphatic heterocycles. The zero-order chi connectivity index (χ0) is 28.7. The van der Waals surface area contributed by atoms with Gasteiger partial charge in [-0.15, -0.1) is 13.2 Å². The van der Waals surface area contributed by atoms with Crippen molar-refractivity contribution in [1.29, 1.82) is 0 Å². The maximum absolute atomic E-state index is 12.3. The van der Waals surface area contributed by atoms with Crippen molar-refractivity contribution >= 4 is 17.9 Å². The van der Waals surface area contributed by atoms with E-state index in [1.165, 1.54) is 24.3 Å². The minimum atomic E-state index is -4.81. The number of ether oxygens (including phenoxy) is 6. The van der Waals surface area contributed by atoms with Gasteiger partial charge in [0.05, 0.1) is 18.8 Å². The van der Waals surface area contributed by atoms with Gasteiger partial charge >= 0.3 is 24.3 Å². The summed E-state index contributed by atoms with van der Waals surface area (Å²) in [6, 6.07) is 10.6. The standard InChI is InChI=1S/C27H27F3O9/c1-3-24(31)36-18-23(37-25(32)4-2)17-34-15-5-6-16-35-20-9-7-19(8-10-20)26(33)38-21-11-13-22(14-12-21)39-27(28,29)30/h3-4,7-14,23H,1-2,5-6,15-18H2. The van der Waals surface area contributed by atoms with Crippen LogP contribution >= 0.6 is 0 Å². The third-order valence-electron chi connectivity index (χ3n) is 4.64. The number of carbonyl (C=O) groups excluding carboxylic acids is 3. The molecule has 0 amide bonds. The highest BCUT2D eigenvalue weighted by Crippen LogP contribution is 2.25. The molecule has 0 N–H and O–H groups in total. The van der Waals surface area contributed by atoms with Gasteiger partial charge in [0.25, 0.3) is 0 Å². The van der Waals surface area contributed by atoms with Crippen LogP contribution in [0.15, 0.2) is 73.8 Å². The summed E-state index contributed by atoms with van der Waals surface area (Å²) < 4.78 is 66.6. The van der Waals surface area contributed by atoms with Crippen molar-refractivity contribution in [2.75, 3.05) is 26.4 Å². The maximum Gasteiger partial charge on any atom is 0.573 e. The highest BCUT2D eigenvalue weighted by atomic mass is 19.4. The van der Waals surface area contributed by atoms with Crippen molar-refractivity contribution in [3.63, 3.8) is 0 Å². The van der Waals surface area contributed by atoms with Crippen LogP contribution < -0.4 is 14.2 Å². The summed E-state index contributed by atoms with van der Waals surface area (Å²) in [7, 11) is 0. The number of benzene rings is 2. The second-order valence-corrected chi connectivity index (χ2v) is 7.66. The molecule has 0 radical (unpaired) electrons. The molecule has 0 aliphatic rings. The molecule has 0 aliphatic carbocycles. The third kappa shape index (κ3) is 12.7. The number of alkyl halides is 3. The average Bonchev–Trinajstić information content (AvgIpc) is 2.91. The minimum absolute atomic E-state index is 0.0217. The predicted molar refractivity (Wildman–Crippen MR) is 131 cm³/mol. The smallest absolute Gasteiger partial charge is 0.494 e. The van der Waals surface area contributed by atoms with Crippen LogP contribution in [0.25, 0.3) is 0 Å². The average molecular weight is 552 g/mol. The van der Waals surface area contributed by atoms with E-state index in [0.29, 0.717) is 31.8 Å². The third-order valence-corrected chi connectivity index (χ3v) is 4.64. The number of esters is 3. The molecule has 0 heterocycles. The Morgan fingerprint density at radius 3 is 2.00 bits per heavy atom. The van der Waals surface area contributed by atoms with E-state index in [2.05, 4.69) is 17.9 Å². The van der Waals surface area contributed by atoms with Gasteiger partial charge in [0.1, 0.15) is 23.9 Å². The van der Waals surface area contributed by atoms with Gasteiger partial charge in [0.2, 0.25) is 0 Å². The Hall–Kier alpha value is -4.32.